The SMILES string of the molecule is COc1cc(C(C)c2cccc(CCC(=O)O)c2F)nn1-c1cc(Oc2c(F)cc3c(ccn3S(=O)(=O)c3ccc(C)cc3)c2F)ccc1F. The van der Waals surface area contributed by atoms with Gasteiger partial charge >= 0.3 is 5.97 Å². The van der Waals surface area contributed by atoms with E-state index in [4.69, 9.17) is 14.6 Å². The Kier molecular flexibility index (Phi) is 9.14. The summed E-state index contributed by atoms with van der Waals surface area (Å²) in [7, 11) is -2.87. The van der Waals surface area contributed by atoms with Crippen LogP contribution < -0.4 is 9.47 Å². The fourth-order valence-electron chi connectivity index (χ4n) is 5.57. The zero-order chi connectivity index (χ0) is 35.9. The molecule has 0 fully saturated rings. The van der Waals surface area contributed by atoms with E-state index in [0.717, 1.165) is 44.7 Å². The number of halogens is 4. The van der Waals surface area contributed by atoms with Gasteiger partial charge in [-0.2, -0.15) is 9.78 Å². The van der Waals surface area contributed by atoms with E-state index in [2.05, 4.69) is 5.10 Å². The molecule has 0 bridgehead atoms. The highest BCUT2D eigenvalue weighted by atomic mass is 32.2. The zero-order valence-electron chi connectivity index (χ0n) is 26.8. The lowest BCUT2D eigenvalue weighted by atomic mass is 9.94. The highest BCUT2D eigenvalue weighted by Gasteiger charge is 2.26. The molecule has 0 radical (unpaired) electrons. The molecule has 9 nitrogen and oxygen atoms in total. The third kappa shape index (κ3) is 6.29. The van der Waals surface area contributed by atoms with Gasteiger partial charge in [0.05, 0.1) is 23.2 Å². The highest BCUT2D eigenvalue weighted by molar-refractivity contribution is 7.90. The minimum Gasteiger partial charge on any atom is -0.481 e. The van der Waals surface area contributed by atoms with Gasteiger partial charge in [-0.25, -0.2) is 30.0 Å². The van der Waals surface area contributed by atoms with Crippen LogP contribution >= 0.6 is 0 Å². The van der Waals surface area contributed by atoms with Gasteiger partial charge in [0.2, 0.25) is 5.88 Å². The Bertz CT molecular complexity index is 2370. The Balaban J connectivity index is 1.33. The smallest absolute Gasteiger partial charge is 0.303 e. The average molecular weight is 708 g/mol. The molecular weight excluding hydrogens is 678 g/mol. The largest absolute Gasteiger partial charge is 0.481 e. The van der Waals surface area contributed by atoms with E-state index in [1.54, 1.807) is 32.0 Å². The summed E-state index contributed by atoms with van der Waals surface area (Å²) in [6, 6.07) is 17.4. The molecule has 6 rings (SSSR count). The normalized spacial score (nSPS) is 12.3. The number of rotatable bonds is 11. The van der Waals surface area contributed by atoms with E-state index in [0.29, 0.717) is 0 Å². The summed E-state index contributed by atoms with van der Waals surface area (Å²) >= 11 is 0. The van der Waals surface area contributed by atoms with Gasteiger partial charge in [0.15, 0.2) is 17.4 Å². The van der Waals surface area contributed by atoms with Crippen molar-refractivity contribution in [1.29, 1.82) is 0 Å². The molecule has 0 aliphatic heterocycles. The molecule has 0 amide bonds. The number of aliphatic carboxylic acids is 1. The minimum absolute atomic E-state index is 0.00995. The van der Waals surface area contributed by atoms with Gasteiger partial charge in [-0.15, -0.1) is 0 Å². The number of ether oxygens (including phenoxy) is 2. The van der Waals surface area contributed by atoms with Crippen molar-refractivity contribution in [2.24, 2.45) is 0 Å². The molecule has 4 aromatic carbocycles. The average Bonchev–Trinajstić information content (AvgIpc) is 3.72. The van der Waals surface area contributed by atoms with Crippen molar-refractivity contribution in [3.05, 3.63) is 131 Å². The number of hydrogen-bond acceptors (Lipinski definition) is 6. The van der Waals surface area contributed by atoms with Gasteiger partial charge in [-0.3, -0.25) is 4.79 Å². The summed E-state index contributed by atoms with van der Waals surface area (Å²) in [6.45, 7) is 3.46. The number of hydrogen-bond donors (Lipinski definition) is 1. The topological polar surface area (TPSA) is 113 Å². The minimum atomic E-state index is -4.19. The second-order valence-electron chi connectivity index (χ2n) is 11.5. The number of methoxy groups -OCH3 is 1. The summed E-state index contributed by atoms with van der Waals surface area (Å²) in [5, 5.41) is 13.2. The standard InChI is InChI=1S/C36H29F4N3O6S/c1-20-7-11-24(12-8-20)50(46,47)42-16-15-26-30(42)18-28(38)36(35(26)40)49-23-10-13-27(37)31(17-23)43-32(48-3)19-29(41-43)21(2)25-6-4-5-22(34(25)39)9-14-33(44)45/h4-8,10-13,15-19,21H,9,14H2,1-3H3,(H,44,45). The van der Waals surface area contributed by atoms with Gasteiger partial charge in [-0.1, -0.05) is 42.8 Å². The van der Waals surface area contributed by atoms with E-state index in [1.165, 1.54) is 43.5 Å². The van der Waals surface area contributed by atoms with Crippen molar-refractivity contribution in [2.75, 3.05) is 7.11 Å². The van der Waals surface area contributed by atoms with Crippen LogP contribution in [0.2, 0.25) is 0 Å². The molecular formula is C36H29F4N3O6S. The lowest BCUT2D eigenvalue weighted by molar-refractivity contribution is -0.136. The van der Waals surface area contributed by atoms with Gasteiger partial charge < -0.3 is 14.6 Å². The van der Waals surface area contributed by atoms with Crippen LogP contribution in [0.3, 0.4) is 0 Å². The Hall–Kier alpha value is -5.63. The number of carbonyl (C=O) groups is 1. The van der Waals surface area contributed by atoms with Gasteiger partial charge in [0.25, 0.3) is 10.0 Å². The molecule has 0 aliphatic rings. The molecule has 2 heterocycles. The monoisotopic (exact) mass is 707 g/mol. The molecule has 50 heavy (non-hydrogen) atoms. The van der Waals surface area contributed by atoms with Crippen molar-refractivity contribution in [3.63, 3.8) is 0 Å². The van der Waals surface area contributed by atoms with Crippen molar-refractivity contribution in [2.45, 2.75) is 37.5 Å². The molecule has 1 N–H and O–H groups in total. The number of nitrogens with zero attached hydrogens (tertiary/aromatic N) is 3. The molecule has 0 aliphatic carbocycles. The van der Waals surface area contributed by atoms with E-state index >= 15 is 17.6 Å². The molecule has 14 heteroatoms. The summed E-state index contributed by atoms with van der Waals surface area (Å²) in [4.78, 5) is 10.9. The van der Waals surface area contributed by atoms with Gasteiger partial charge in [0, 0.05) is 42.1 Å². The summed E-state index contributed by atoms with van der Waals surface area (Å²) in [6.07, 6.45) is 0.853. The van der Waals surface area contributed by atoms with E-state index in [9.17, 15) is 13.2 Å². The second kappa shape index (κ2) is 13.3. The molecule has 258 valence electrons. The molecule has 1 unspecified atom stereocenters. The highest BCUT2D eigenvalue weighted by Crippen LogP contribution is 2.37. The van der Waals surface area contributed by atoms with Crippen LogP contribution in [0.25, 0.3) is 16.6 Å². The Morgan fingerprint density at radius 1 is 0.940 bits per heavy atom. The maximum Gasteiger partial charge on any atom is 0.303 e. The molecule has 6 aromatic rings. The maximum absolute atomic E-state index is 15.8. The van der Waals surface area contributed by atoms with Crippen molar-refractivity contribution in [1.82, 2.24) is 13.8 Å². The number of aryl methyl sites for hydroxylation is 2. The fraction of sp³-hybridized carbons (Fsp3) is 0.167. The second-order valence-corrected chi connectivity index (χ2v) is 13.4. The molecule has 0 saturated heterocycles. The first-order chi connectivity index (χ1) is 23.8. The summed E-state index contributed by atoms with van der Waals surface area (Å²) < 4.78 is 101. The number of carboxylic acids is 1. The van der Waals surface area contributed by atoms with Gasteiger partial charge in [0.1, 0.15) is 23.1 Å². The third-order valence-corrected chi connectivity index (χ3v) is 9.99. The number of aromatic nitrogens is 3. The molecule has 0 saturated carbocycles. The van der Waals surface area contributed by atoms with E-state index < -0.39 is 50.9 Å². The zero-order valence-corrected chi connectivity index (χ0v) is 27.6. The van der Waals surface area contributed by atoms with Crippen LogP contribution in [0, 0.1) is 30.2 Å². The van der Waals surface area contributed by atoms with Crippen molar-refractivity contribution < 1.29 is 45.4 Å². The number of fused-ring (bicyclic) bond motifs is 1. The maximum atomic E-state index is 15.8. The fourth-order valence-corrected chi connectivity index (χ4v) is 6.91. The molecule has 0 spiro atoms. The number of carboxylic acid groups (broad SMARTS) is 1. The summed E-state index contributed by atoms with van der Waals surface area (Å²) in [5.41, 5.74) is 1.11. The Morgan fingerprint density at radius 2 is 1.68 bits per heavy atom. The van der Waals surface area contributed by atoms with Crippen molar-refractivity contribution >= 4 is 26.9 Å². The molecule has 1 atom stereocenters. The van der Waals surface area contributed by atoms with Crippen LogP contribution in [-0.2, 0) is 21.2 Å². The van der Waals surface area contributed by atoms with Crippen LogP contribution in [0.1, 0.15) is 41.6 Å². The Labute approximate surface area is 284 Å². The van der Waals surface area contributed by atoms with Crippen molar-refractivity contribution in [3.8, 4) is 23.1 Å². The quantitative estimate of drug-likeness (QED) is 0.136. The predicted molar refractivity (Wildman–Crippen MR) is 176 cm³/mol. The number of benzene rings is 4. The molecule has 2 aromatic heterocycles. The lowest BCUT2D eigenvalue weighted by Crippen LogP contribution is -2.12. The van der Waals surface area contributed by atoms with Crippen LogP contribution in [-0.4, -0.2) is 40.4 Å². The predicted octanol–water partition coefficient (Wildman–Crippen LogP) is 7.90. The first-order valence-electron chi connectivity index (χ1n) is 15.2. The third-order valence-electron chi connectivity index (χ3n) is 8.28. The lowest BCUT2D eigenvalue weighted by Gasteiger charge is -2.14. The van der Waals surface area contributed by atoms with E-state index in [-0.39, 0.29) is 62.8 Å². The van der Waals surface area contributed by atoms with Crippen LogP contribution in [0.5, 0.6) is 17.4 Å². The van der Waals surface area contributed by atoms with Crippen LogP contribution in [0.4, 0.5) is 17.6 Å². The Morgan fingerprint density at radius 3 is 2.38 bits per heavy atom. The first-order valence-corrected chi connectivity index (χ1v) is 16.7. The van der Waals surface area contributed by atoms with Gasteiger partial charge in [-0.05, 0) is 54.8 Å². The first kappa shape index (κ1) is 34.2. The van der Waals surface area contributed by atoms with Crippen LogP contribution in [0.15, 0.2) is 90.0 Å². The van der Waals surface area contributed by atoms with E-state index in [1.807, 2.05) is 0 Å². The summed E-state index contributed by atoms with van der Waals surface area (Å²) in [5.74, 6) is -6.47.